The summed E-state index contributed by atoms with van der Waals surface area (Å²) in [6.45, 7) is 6.12. The number of hydrogen-bond donors (Lipinski definition) is 2. The number of rotatable bonds is 3. The number of halogens is 1. The molecule has 0 aromatic heterocycles. The van der Waals surface area contributed by atoms with Crippen molar-refractivity contribution in [3.63, 3.8) is 0 Å². The van der Waals surface area contributed by atoms with Gasteiger partial charge in [0, 0.05) is 12.0 Å². The second-order valence-electron chi connectivity index (χ2n) is 6.37. The van der Waals surface area contributed by atoms with E-state index in [1.54, 1.807) is 19.9 Å². The maximum atomic E-state index is 13.8. The van der Waals surface area contributed by atoms with Crippen molar-refractivity contribution in [2.75, 3.05) is 6.54 Å². The van der Waals surface area contributed by atoms with Crippen molar-refractivity contribution in [1.82, 2.24) is 0 Å². The lowest BCUT2D eigenvalue weighted by Crippen LogP contribution is -2.47. The Balaban J connectivity index is 2.42. The number of benzene rings is 1. The highest BCUT2D eigenvalue weighted by Gasteiger charge is 2.50. The maximum Gasteiger partial charge on any atom is 0.126 e. The Morgan fingerprint density at radius 2 is 2.21 bits per heavy atom. The van der Waals surface area contributed by atoms with Crippen LogP contribution in [0.25, 0.3) is 0 Å². The molecule has 106 valence electrons. The van der Waals surface area contributed by atoms with Crippen molar-refractivity contribution in [1.29, 1.82) is 0 Å². The highest BCUT2D eigenvalue weighted by Crippen LogP contribution is 2.52. The van der Waals surface area contributed by atoms with Gasteiger partial charge in [0.05, 0.1) is 5.60 Å². The summed E-state index contributed by atoms with van der Waals surface area (Å²) >= 11 is 0. The van der Waals surface area contributed by atoms with Gasteiger partial charge in [-0.3, -0.25) is 0 Å². The van der Waals surface area contributed by atoms with Gasteiger partial charge in [-0.1, -0.05) is 19.1 Å². The summed E-state index contributed by atoms with van der Waals surface area (Å²) < 4.78 is 13.8. The fraction of sp³-hybridized carbons (Fsp3) is 0.625. The molecule has 2 nitrogen and oxygen atoms in total. The van der Waals surface area contributed by atoms with Gasteiger partial charge in [0.25, 0.3) is 0 Å². The third kappa shape index (κ3) is 2.30. The molecule has 1 aliphatic rings. The summed E-state index contributed by atoms with van der Waals surface area (Å²) in [5.41, 5.74) is 5.78. The molecule has 1 aliphatic carbocycles. The number of hydrogen-bond acceptors (Lipinski definition) is 2. The van der Waals surface area contributed by atoms with E-state index in [-0.39, 0.29) is 11.2 Å². The van der Waals surface area contributed by atoms with Gasteiger partial charge in [-0.25, -0.2) is 4.39 Å². The molecule has 1 fully saturated rings. The molecular formula is C16H24FNO. The monoisotopic (exact) mass is 265 g/mol. The molecule has 1 saturated carbocycles. The zero-order valence-corrected chi connectivity index (χ0v) is 12.0. The van der Waals surface area contributed by atoms with E-state index in [9.17, 15) is 9.50 Å². The summed E-state index contributed by atoms with van der Waals surface area (Å²) in [5.74, 6) is 0.293. The first-order chi connectivity index (χ1) is 8.82. The van der Waals surface area contributed by atoms with Crippen molar-refractivity contribution in [3.8, 4) is 0 Å². The second kappa shape index (κ2) is 4.88. The average Bonchev–Trinajstić information content (AvgIpc) is 2.76. The minimum absolute atomic E-state index is 0.268. The SMILES string of the molecule is Cc1ccc(C(C)(O)C2(CN)CCC(C)C2)cc1F. The summed E-state index contributed by atoms with van der Waals surface area (Å²) in [4.78, 5) is 0. The lowest BCUT2D eigenvalue weighted by Gasteiger charge is -2.43. The lowest BCUT2D eigenvalue weighted by atomic mass is 9.67. The molecule has 3 heteroatoms. The third-order valence-corrected chi connectivity index (χ3v) is 5.01. The fourth-order valence-corrected chi connectivity index (χ4v) is 3.42. The van der Waals surface area contributed by atoms with Crippen LogP contribution in [-0.2, 0) is 5.60 Å². The number of aliphatic hydroxyl groups is 1. The van der Waals surface area contributed by atoms with Crippen LogP contribution < -0.4 is 5.73 Å². The number of nitrogens with two attached hydrogens (primary N) is 1. The molecule has 1 aromatic carbocycles. The Hall–Kier alpha value is -0.930. The minimum atomic E-state index is -1.08. The maximum absolute atomic E-state index is 13.8. The summed E-state index contributed by atoms with van der Waals surface area (Å²) in [6.07, 6.45) is 2.86. The van der Waals surface area contributed by atoms with Gasteiger partial charge in [-0.15, -0.1) is 0 Å². The van der Waals surface area contributed by atoms with Gasteiger partial charge < -0.3 is 10.8 Å². The van der Waals surface area contributed by atoms with Crippen molar-refractivity contribution >= 4 is 0 Å². The van der Waals surface area contributed by atoms with Crippen molar-refractivity contribution in [2.24, 2.45) is 17.1 Å². The standard InChI is InChI=1S/C16H24FNO/c1-11-6-7-16(9-11,10-18)15(3,19)13-5-4-12(2)14(17)8-13/h4-5,8,11,19H,6-7,9-10,18H2,1-3H3. The quantitative estimate of drug-likeness (QED) is 0.882. The van der Waals surface area contributed by atoms with Gasteiger partial charge in [0.15, 0.2) is 0 Å². The van der Waals surface area contributed by atoms with E-state index >= 15 is 0 Å². The smallest absolute Gasteiger partial charge is 0.126 e. The van der Waals surface area contributed by atoms with E-state index in [1.807, 2.05) is 6.07 Å². The minimum Gasteiger partial charge on any atom is -0.385 e. The van der Waals surface area contributed by atoms with E-state index in [2.05, 4.69) is 6.92 Å². The zero-order chi connectivity index (χ0) is 14.3. The molecule has 1 aromatic rings. The van der Waals surface area contributed by atoms with Crippen LogP contribution in [0.3, 0.4) is 0 Å². The molecule has 0 aliphatic heterocycles. The normalized spacial score (nSPS) is 30.3. The lowest BCUT2D eigenvalue weighted by molar-refractivity contribution is -0.0713. The Labute approximate surface area is 114 Å². The Kier molecular flexibility index (Phi) is 3.72. The average molecular weight is 265 g/mol. The van der Waals surface area contributed by atoms with E-state index in [1.165, 1.54) is 6.07 Å². The Morgan fingerprint density at radius 1 is 1.53 bits per heavy atom. The van der Waals surface area contributed by atoms with Gasteiger partial charge in [-0.05, 0) is 56.2 Å². The molecule has 0 amide bonds. The predicted molar refractivity (Wildman–Crippen MR) is 75.2 cm³/mol. The van der Waals surface area contributed by atoms with Crippen LogP contribution in [0.1, 0.15) is 44.2 Å². The van der Waals surface area contributed by atoms with Crippen LogP contribution in [0.4, 0.5) is 4.39 Å². The van der Waals surface area contributed by atoms with Crippen LogP contribution in [0, 0.1) is 24.1 Å². The molecule has 0 heterocycles. The summed E-state index contributed by atoms with van der Waals surface area (Å²) in [6, 6.07) is 5.00. The molecule has 19 heavy (non-hydrogen) atoms. The number of aryl methyl sites for hydroxylation is 1. The zero-order valence-electron chi connectivity index (χ0n) is 12.0. The van der Waals surface area contributed by atoms with Crippen molar-refractivity contribution in [2.45, 2.75) is 45.6 Å². The van der Waals surface area contributed by atoms with Crippen LogP contribution >= 0.6 is 0 Å². The highest BCUT2D eigenvalue weighted by atomic mass is 19.1. The first kappa shape index (κ1) is 14.5. The third-order valence-electron chi connectivity index (χ3n) is 5.01. The molecule has 3 unspecified atom stereocenters. The van der Waals surface area contributed by atoms with Gasteiger partial charge in [0.1, 0.15) is 5.82 Å². The van der Waals surface area contributed by atoms with Crippen LogP contribution in [-0.4, -0.2) is 11.7 Å². The van der Waals surface area contributed by atoms with Gasteiger partial charge in [-0.2, -0.15) is 0 Å². The van der Waals surface area contributed by atoms with Crippen molar-refractivity contribution < 1.29 is 9.50 Å². The summed E-state index contributed by atoms with van der Waals surface area (Å²) in [7, 11) is 0. The largest absolute Gasteiger partial charge is 0.385 e. The molecular weight excluding hydrogens is 241 g/mol. The molecule has 0 spiro atoms. The Bertz CT molecular complexity index is 472. The molecule has 0 radical (unpaired) electrons. The van der Waals surface area contributed by atoms with E-state index in [0.717, 1.165) is 19.3 Å². The van der Waals surface area contributed by atoms with Gasteiger partial charge >= 0.3 is 0 Å². The van der Waals surface area contributed by atoms with E-state index in [0.29, 0.717) is 23.6 Å². The highest BCUT2D eigenvalue weighted by molar-refractivity contribution is 5.30. The van der Waals surface area contributed by atoms with E-state index in [4.69, 9.17) is 5.73 Å². The topological polar surface area (TPSA) is 46.2 Å². The molecule has 0 bridgehead atoms. The molecule has 3 N–H and O–H groups in total. The van der Waals surface area contributed by atoms with E-state index < -0.39 is 5.60 Å². The fourth-order valence-electron chi connectivity index (χ4n) is 3.42. The second-order valence-corrected chi connectivity index (χ2v) is 6.37. The van der Waals surface area contributed by atoms with Crippen LogP contribution in [0.15, 0.2) is 18.2 Å². The molecule has 2 rings (SSSR count). The Morgan fingerprint density at radius 3 is 2.68 bits per heavy atom. The summed E-state index contributed by atoms with van der Waals surface area (Å²) in [5, 5.41) is 11.0. The van der Waals surface area contributed by atoms with Gasteiger partial charge in [0.2, 0.25) is 0 Å². The predicted octanol–water partition coefficient (Wildman–Crippen LogP) is 3.11. The van der Waals surface area contributed by atoms with Crippen LogP contribution in [0.2, 0.25) is 0 Å². The van der Waals surface area contributed by atoms with Crippen LogP contribution in [0.5, 0.6) is 0 Å². The first-order valence-electron chi connectivity index (χ1n) is 7.01. The molecule has 3 atom stereocenters. The van der Waals surface area contributed by atoms with Crippen molar-refractivity contribution in [3.05, 3.63) is 35.1 Å². The molecule has 0 saturated heterocycles. The first-order valence-corrected chi connectivity index (χ1v) is 7.01.